The Morgan fingerprint density at radius 3 is 2.72 bits per heavy atom. The minimum Gasteiger partial charge on any atom is -0.381 e. The number of aromatic nitrogens is 9. The summed E-state index contributed by atoms with van der Waals surface area (Å²) < 4.78 is 82.8. The standard InChI is InChI=1S/C20H24FN11O12P2/c1-38-12-8-4-39-46(36,37)44-20(21)2-10(32-15-7(3-25-32)14(22)28-30-29-15)42-9(20)5-40-45(34,35)43-13(12)18(41-8)31-6-24-11-16(31)26-19(23)27-17(11)33/h3,6,8-10,12-13,18H,2,4-5H2,1H3,(H,34,35)(H,36,37)(H2,22,28,29)(H3,23,26,27,33)/t8-,9-,10-,12-,13-,18-,20+/m1/s1. The second kappa shape index (κ2) is 11.0. The van der Waals surface area contributed by atoms with Crippen LogP contribution in [0.3, 0.4) is 0 Å². The minimum absolute atomic E-state index is 0.0303. The van der Waals surface area contributed by atoms with Crippen LogP contribution in [0.4, 0.5) is 16.2 Å². The molecule has 7 heterocycles. The number of rotatable bonds is 3. The molecule has 0 amide bonds. The summed E-state index contributed by atoms with van der Waals surface area (Å²) in [6, 6.07) is 0. The number of imidazole rings is 1. The Labute approximate surface area is 254 Å². The van der Waals surface area contributed by atoms with Gasteiger partial charge in [-0.1, -0.05) is 0 Å². The summed E-state index contributed by atoms with van der Waals surface area (Å²) in [6.45, 7) is -1.82. The number of nitrogens with one attached hydrogen (secondary N) is 1. The Bertz CT molecular complexity index is 1980. The van der Waals surface area contributed by atoms with E-state index >= 15 is 4.39 Å². The Morgan fingerprint density at radius 2 is 1.93 bits per heavy atom. The topological polar surface area (TPSA) is 311 Å². The molecular formula is C20H24FN11O12P2. The molecule has 0 radical (unpaired) electrons. The Kier molecular flexibility index (Phi) is 7.45. The van der Waals surface area contributed by atoms with Crippen molar-refractivity contribution >= 4 is 49.6 Å². The van der Waals surface area contributed by atoms with Crippen LogP contribution in [0.25, 0.3) is 22.2 Å². The first-order valence-electron chi connectivity index (χ1n) is 13.2. The zero-order valence-electron chi connectivity index (χ0n) is 23.2. The van der Waals surface area contributed by atoms with Crippen molar-refractivity contribution in [3.05, 3.63) is 22.9 Å². The lowest BCUT2D eigenvalue weighted by molar-refractivity contribution is -0.147. The molecule has 0 spiro atoms. The predicted molar refractivity (Wildman–Crippen MR) is 145 cm³/mol. The highest BCUT2D eigenvalue weighted by Crippen LogP contribution is 2.57. The second-order valence-corrected chi connectivity index (χ2v) is 13.1. The van der Waals surface area contributed by atoms with E-state index in [9.17, 15) is 23.7 Å². The number of anilines is 2. The lowest BCUT2D eigenvalue weighted by atomic mass is 10.1. The zero-order chi connectivity index (χ0) is 32.6. The van der Waals surface area contributed by atoms with Crippen LogP contribution in [0, 0.1) is 0 Å². The summed E-state index contributed by atoms with van der Waals surface area (Å²) in [5, 5.41) is 15.3. The van der Waals surface area contributed by atoms with Gasteiger partial charge in [0.15, 0.2) is 35.1 Å². The summed E-state index contributed by atoms with van der Waals surface area (Å²) in [4.78, 5) is 44.1. The molecule has 26 heteroatoms. The van der Waals surface area contributed by atoms with Crippen LogP contribution in [0.2, 0.25) is 0 Å². The quantitative estimate of drug-likeness (QED) is 0.161. The number of nitrogens with two attached hydrogens (primary N) is 2. The van der Waals surface area contributed by atoms with Crippen LogP contribution >= 0.6 is 15.6 Å². The molecule has 7 N–H and O–H groups in total. The van der Waals surface area contributed by atoms with Crippen LogP contribution in [0.5, 0.6) is 0 Å². The molecule has 3 aliphatic heterocycles. The molecular weight excluding hydrogens is 667 g/mol. The molecule has 7 rings (SSSR count). The van der Waals surface area contributed by atoms with Crippen LogP contribution in [0.1, 0.15) is 18.9 Å². The third kappa shape index (κ3) is 5.36. The number of phosphoric acid groups is 2. The van der Waals surface area contributed by atoms with E-state index < -0.39 is 83.6 Å². The normalized spacial score (nSPS) is 37.1. The van der Waals surface area contributed by atoms with Gasteiger partial charge in [0.25, 0.3) is 11.4 Å². The number of methoxy groups -OCH3 is 1. The van der Waals surface area contributed by atoms with Gasteiger partial charge < -0.3 is 35.5 Å². The van der Waals surface area contributed by atoms with Gasteiger partial charge in [-0.05, 0) is 5.21 Å². The van der Waals surface area contributed by atoms with Gasteiger partial charge in [0.05, 0.1) is 37.5 Å². The van der Waals surface area contributed by atoms with E-state index in [1.54, 1.807) is 0 Å². The number of hydrogen-bond acceptors (Lipinski definition) is 18. The van der Waals surface area contributed by atoms with Crippen molar-refractivity contribution in [2.24, 2.45) is 0 Å². The van der Waals surface area contributed by atoms with Crippen molar-refractivity contribution in [1.82, 2.24) is 44.7 Å². The van der Waals surface area contributed by atoms with Gasteiger partial charge in [0.1, 0.15) is 24.4 Å². The fourth-order valence-electron chi connectivity index (χ4n) is 5.45. The van der Waals surface area contributed by atoms with E-state index in [1.807, 2.05) is 0 Å². The van der Waals surface area contributed by atoms with E-state index in [1.165, 1.54) is 17.9 Å². The highest BCUT2D eigenvalue weighted by molar-refractivity contribution is 7.47. The van der Waals surface area contributed by atoms with Crippen molar-refractivity contribution in [2.75, 3.05) is 31.8 Å². The number of aromatic amines is 1. The molecule has 9 atom stereocenters. The Hall–Kier alpha value is -3.54. The highest BCUT2D eigenvalue weighted by atomic mass is 31.2. The van der Waals surface area contributed by atoms with E-state index in [0.29, 0.717) is 0 Å². The number of H-pyrrole nitrogens is 1. The van der Waals surface area contributed by atoms with E-state index in [2.05, 4.69) is 35.5 Å². The van der Waals surface area contributed by atoms with Crippen LogP contribution in [-0.4, -0.2) is 105 Å². The van der Waals surface area contributed by atoms with Gasteiger partial charge in [-0.3, -0.25) is 27.9 Å². The average molecular weight is 691 g/mol. The molecule has 248 valence electrons. The fraction of sp³-hybridized carbons (Fsp3) is 0.550. The van der Waals surface area contributed by atoms with Gasteiger partial charge in [-0.2, -0.15) is 10.1 Å². The number of ether oxygens (including phenoxy) is 3. The number of nitrogen functional groups attached to an aromatic ring is 2. The van der Waals surface area contributed by atoms with Crippen molar-refractivity contribution < 1.29 is 55.6 Å². The Morgan fingerprint density at radius 1 is 1.15 bits per heavy atom. The smallest absolute Gasteiger partial charge is 0.381 e. The largest absolute Gasteiger partial charge is 0.475 e. The molecule has 2 bridgehead atoms. The molecule has 0 aromatic carbocycles. The molecule has 3 aliphatic rings. The molecule has 0 saturated carbocycles. The maximum absolute atomic E-state index is 16.4. The average Bonchev–Trinajstić information content (AvgIpc) is 3.73. The summed E-state index contributed by atoms with van der Waals surface area (Å²) in [6.07, 6.45) is -7.20. The molecule has 2 unspecified atom stereocenters. The molecule has 3 saturated heterocycles. The summed E-state index contributed by atoms with van der Waals surface area (Å²) in [7, 11) is -9.24. The summed E-state index contributed by atoms with van der Waals surface area (Å²) >= 11 is 0. The number of fused-ring (bicyclic) bond motifs is 5. The molecule has 0 aliphatic carbocycles. The monoisotopic (exact) mass is 691 g/mol. The predicted octanol–water partition coefficient (Wildman–Crippen LogP) is -0.966. The first kappa shape index (κ1) is 31.1. The van der Waals surface area contributed by atoms with E-state index in [4.69, 9.17) is 43.8 Å². The van der Waals surface area contributed by atoms with Gasteiger partial charge in [-0.15, -0.1) is 10.2 Å². The van der Waals surface area contributed by atoms with Gasteiger partial charge in [0.2, 0.25) is 5.95 Å². The summed E-state index contributed by atoms with van der Waals surface area (Å²) in [5.41, 5.74) is 10.6. The van der Waals surface area contributed by atoms with E-state index in [-0.39, 0.29) is 34.0 Å². The van der Waals surface area contributed by atoms with Crippen LogP contribution in [0.15, 0.2) is 17.3 Å². The highest BCUT2D eigenvalue weighted by Gasteiger charge is 2.58. The molecule has 3 fully saturated rings. The van der Waals surface area contributed by atoms with Crippen molar-refractivity contribution in [2.45, 2.75) is 49.1 Å². The van der Waals surface area contributed by atoms with Crippen molar-refractivity contribution in [3.8, 4) is 0 Å². The molecule has 4 aromatic heterocycles. The van der Waals surface area contributed by atoms with E-state index in [0.717, 1.165) is 11.0 Å². The second-order valence-electron chi connectivity index (χ2n) is 10.3. The molecule has 46 heavy (non-hydrogen) atoms. The fourth-order valence-corrected chi connectivity index (χ4v) is 7.33. The lowest BCUT2D eigenvalue weighted by Crippen LogP contribution is -2.39. The number of hydrogen-bond donors (Lipinski definition) is 5. The van der Waals surface area contributed by atoms with Gasteiger partial charge in [-0.25, -0.2) is 27.7 Å². The maximum Gasteiger partial charge on any atom is 0.475 e. The van der Waals surface area contributed by atoms with Crippen LogP contribution < -0.4 is 17.0 Å². The van der Waals surface area contributed by atoms with Crippen molar-refractivity contribution in [1.29, 1.82) is 0 Å². The molecule has 23 nitrogen and oxygen atoms in total. The number of nitrogens with zero attached hydrogens (tertiary/aromatic N) is 8. The van der Waals surface area contributed by atoms with Crippen molar-refractivity contribution in [3.63, 3.8) is 0 Å². The molecule has 4 aromatic rings. The number of phosphoric ester groups is 2. The number of halogens is 1. The van der Waals surface area contributed by atoms with Gasteiger partial charge >= 0.3 is 15.6 Å². The SMILES string of the molecule is CO[C@H]1[C@H]2OP(=O)(O)OC[C@H]3O[C@@H](n4ncc5c(N)nnnc54)C[C@]3(F)OP(=O)(O)OC[C@H]1O[C@H]2n1cnc2c(=O)[nH]c(N)nc21. The first-order valence-corrected chi connectivity index (χ1v) is 16.2. The minimum atomic E-state index is -5.28. The summed E-state index contributed by atoms with van der Waals surface area (Å²) in [5.74, 6) is -3.45. The third-order valence-electron chi connectivity index (χ3n) is 7.46. The maximum atomic E-state index is 16.4. The lowest BCUT2D eigenvalue weighted by Gasteiger charge is -2.28. The zero-order valence-corrected chi connectivity index (χ0v) is 25.0. The third-order valence-corrected chi connectivity index (χ3v) is 9.46. The first-order chi connectivity index (χ1) is 21.8. The Balaban J connectivity index is 1.22. The van der Waals surface area contributed by atoms with Gasteiger partial charge in [0, 0.05) is 7.11 Å². The van der Waals surface area contributed by atoms with Crippen LogP contribution in [-0.2, 0) is 41.4 Å². The number of alkyl halides is 1.